The van der Waals surface area contributed by atoms with Crippen LogP contribution in [0.2, 0.25) is 0 Å². The van der Waals surface area contributed by atoms with Crippen molar-refractivity contribution in [3.63, 3.8) is 0 Å². The summed E-state index contributed by atoms with van der Waals surface area (Å²) in [6, 6.07) is 7.51. The van der Waals surface area contributed by atoms with Gasteiger partial charge in [0.25, 0.3) is 5.56 Å². The van der Waals surface area contributed by atoms with Crippen molar-refractivity contribution >= 4 is 33.7 Å². The maximum atomic E-state index is 12.5. The molecule has 1 aromatic carbocycles. The molecule has 6 nitrogen and oxygen atoms in total. The van der Waals surface area contributed by atoms with E-state index in [1.165, 1.54) is 15.9 Å². The summed E-state index contributed by atoms with van der Waals surface area (Å²) < 4.78 is 6.60. The number of hydrogen-bond donors (Lipinski definition) is 1. The van der Waals surface area contributed by atoms with Crippen molar-refractivity contribution in [1.29, 1.82) is 0 Å². The number of benzene rings is 1. The summed E-state index contributed by atoms with van der Waals surface area (Å²) in [6.07, 6.45) is 1.67. The zero-order valence-electron chi connectivity index (χ0n) is 14.0. The standard InChI is InChI=1S/C17H18N4O2S/c1-10-11(2)24-15-14(10)16(22)21(3)17(19-15)20-18-9-12-5-7-13(23-4)8-6-12/h5-9H,1-4H3,(H,19,20). The summed E-state index contributed by atoms with van der Waals surface area (Å²) in [5.41, 5.74) is 4.69. The van der Waals surface area contributed by atoms with Crippen LogP contribution in [-0.4, -0.2) is 22.9 Å². The van der Waals surface area contributed by atoms with Gasteiger partial charge in [-0.05, 0) is 49.2 Å². The summed E-state index contributed by atoms with van der Waals surface area (Å²) in [6.45, 7) is 3.95. The van der Waals surface area contributed by atoms with Crippen molar-refractivity contribution in [2.75, 3.05) is 12.5 Å². The summed E-state index contributed by atoms with van der Waals surface area (Å²) in [5, 5.41) is 4.86. The molecule has 0 aliphatic heterocycles. The van der Waals surface area contributed by atoms with E-state index in [-0.39, 0.29) is 5.56 Å². The first kappa shape index (κ1) is 16.2. The Balaban J connectivity index is 1.88. The SMILES string of the molecule is COc1ccc(C=NNc2nc3sc(C)c(C)c3c(=O)n2C)cc1. The highest BCUT2D eigenvalue weighted by molar-refractivity contribution is 7.18. The predicted molar refractivity (Wildman–Crippen MR) is 98.5 cm³/mol. The van der Waals surface area contributed by atoms with E-state index in [1.54, 1.807) is 20.4 Å². The lowest BCUT2D eigenvalue weighted by Gasteiger charge is -2.06. The van der Waals surface area contributed by atoms with Crippen LogP contribution in [0, 0.1) is 13.8 Å². The Kier molecular flexibility index (Phi) is 4.35. The fourth-order valence-electron chi connectivity index (χ4n) is 2.33. The van der Waals surface area contributed by atoms with Gasteiger partial charge >= 0.3 is 0 Å². The van der Waals surface area contributed by atoms with Crippen LogP contribution in [0.15, 0.2) is 34.2 Å². The van der Waals surface area contributed by atoms with Gasteiger partial charge in [0.05, 0.1) is 18.7 Å². The highest BCUT2D eigenvalue weighted by Gasteiger charge is 2.14. The number of methoxy groups -OCH3 is 1. The molecule has 0 radical (unpaired) electrons. The summed E-state index contributed by atoms with van der Waals surface area (Å²) in [7, 11) is 3.31. The van der Waals surface area contributed by atoms with Crippen LogP contribution in [0.4, 0.5) is 5.95 Å². The van der Waals surface area contributed by atoms with E-state index in [0.717, 1.165) is 26.6 Å². The molecule has 0 unspecified atom stereocenters. The topological polar surface area (TPSA) is 68.5 Å². The molecule has 7 heteroatoms. The van der Waals surface area contributed by atoms with E-state index >= 15 is 0 Å². The zero-order valence-corrected chi connectivity index (χ0v) is 14.8. The van der Waals surface area contributed by atoms with E-state index in [9.17, 15) is 4.79 Å². The third kappa shape index (κ3) is 2.90. The average molecular weight is 342 g/mol. The Morgan fingerprint density at radius 2 is 2.00 bits per heavy atom. The van der Waals surface area contributed by atoms with Crippen molar-refractivity contribution < 1.29 is 4.74 Å². The van der Waals surface area contributed by atoms with Crippen LogP contribution in [0.1, 0.15) is 16.0 Å². The van der Waals surface area contributed by atoms with Crippen molar-refractivity contribution in [2.45, 2.75) is 13.8 Å². The number of thiophene rings is 1. The van der Waals surface area contributed by atoms with Crippen molar-refractivity contribution in [3.8, 4) is 5.75 Å². The third-order valence-corrected chi connectivity index (χ3v) is 5.01. The normalized spacial score (nSPS) is 11.3. The molecule has 3 rings (SSSR count). The molecule has 0 atom stereocenters. The van der Waals surface area contributed by atoms with Gasteiger partial charge < -0.3 is 4.74 Å². The number of aromatic nitrogens is 2. The average Bonchev–Trinajstić information content (AvgIpc) is 2.87. The van der Waals surface area contributed by atoms with Gasteiger partial charge in [0.2, 0.25) is 5.95 Å². The largest absolute Gasteiger partial charge is 0.497 e. The number of rotatable bonds is 4. The highest BCUT2D eigenvalue weighted by Crippen LogP contribution is 2.26. The molecular weight excluding hydrogens is 324 g/mol. The van der Waals surface area contributed by atoms with Gasteiger partial charge in [-0.2, -0.15) is 5.10 Å². The van der Waals surface area contributed by atoms with Crippen LogP contribution in [0.5, 0.6) is 5.75 Å². The molecule has 0 saturated heterocycles. The number of hydrogen-bond acceptors (Lipinski definition) is 6. The number of fused-ring (bicyclic) bond motifs is 1. The summed E-state index contributed by atoms with van der Waals surface area (Å²) in [5.74, 6) is 1.21. The van der Waals surface area contributed by atoms with E-state index in [2.05, 4.69) is 15.5 Å². The minimum Gasteiger partial charge on any atom is -0.497 e. The summed E-state index contributed by atoms with van der Waals surface area (Å²) in [4.78, 5) is 18.9. The molecular formula is C17H18N4O2S. The second-order valence-electron chi connectivity index (χ2n) is 5.41. The molecule has 0 spiro atoms. The number of nitrogens with one attached hydrogen (secondary N) is 1. The Labute approximate surface area is 143 Å². The molecule has 0 amide bonds. The van der Waals surface area contributed by atoms with E-state index in [0.29, 0.717) is 11.3 Å². The zero-order chi connectivity index (χ0) is 17.3. The number of anilines is 1. The molecule has 0 aliphatic carbocycles. The molecule has 2 aromatic heterocycles. The van der Waals surface area contributed by atoms with Crippen LogP contribution in [-0.2, 0) is 7.05 Å². The van der Waals surface area contributed by atoms with Crippen molar-refractivity contribution in [3.05, 3.63) is 50.6 Å². The minimum absolute atomic E-state index is 0.0657. The molecule has 0 bridgehead atoms. The molecule has 3 aromatic rings. The van der Waals surface area contributed by atoms with Gasteiger partial charge in [0.15, 0.2) is 0 Å². The maximum absolute atomic E-state index is 12.5. The third-order valence-electron chi connectivity index (χ3n) is 3.90. The van der Waals surface area contributed by atoms with Crippen LogP contribution < -0.4 is 15.7 Å². The number of ether oxygens (including phenoxy) is 1. The van der Waals surface area contributed by atoms with Gasteiger partial charge in [-0.15, -0.1) is 11.3 Å². The first-order valence-electron chi connectivity index (χ1n) is 7.41. The van der Waals surface area contributed by atoms with Crippen LogP contribution in [0.3, 0.4) is 0 Å². The molecule has 2 heterocycles. The van der Waals surface area contributed by atoms with Crippen LogP contribution in [0.25, 0.3) is 10.2 Å². The van der Waals surface area contributed by atoms with Crippen LogP contribution >= 0.6 is 11.3 Å². The lowest BCUT2D eigenvalue weighted by atomic mass is 10.2. The Morgan fingerprint density at radius 1 is 1.29 bits per heavy atom. The van der Waals surface area contributed by atoms with Gasteiger partial charge in [-0.3, -0.25) is 9.36 Å². The predicted octanol–water partition coefficient (Wildman–Crippen LogP) is 3.07. The first-order chi connectivity index (χ1) is 11.5. The fraction of sp³-hybridized carbons (Fsp3) is 0.235. The van der Waals surface area contributed by atoms with Crippen molar-refractivity contribution in [2.24, 2.45) is 12.1 Å². The number of hydrazone groups is 1. The lowest BCUT2D eigenvalue weighted by molar-refractivity contribution is 0.415. The molecule has 0 fully saturated rings. The molecule has 0 saturated carbocycles. The van der Waals surface area contributed by atoms with Gasteiger partial charge in [0.1, 0.15) is 10.6 Å². The van der Waals surface area contributed by atoms with E-state index in [4.69, 9.17) is 4.74 Å². The Bertz CT molecular complexity index is 971. The number of aryl methyl sites for hydroxylation is 2. The van der Waals surface area contributed by atoms with E-state index in [1.807, 2.05) is 38.1 Å². The monoisotopic (exact) mass is 342 g/mol. The Morgan fingerprint density at radius 3 is 2.67 bits per heavy atom. The molecule has 124 valence electrons. The minimum atomic E-state index is -0.0657. The Hall–Kier alpha value is -2.67. The maximum Gasteiger partial charge on any atom is 0.263 e. The summed E-state index contributed by atoms with van der Waals surface area (Å²) >= 11 is 1.52. The molecule has 0 aliphatic rings. The number of nitrogens with zero attached hydrogens (tertiary/aromatic N) is 3. The smallest absolute Gasteiger partial charge is 0.263 e. The highest BCUT2D eigenvalue weighted by atomic mass is 32.1. The van der Waals surface area contributed by atoms with Crippen molar-refractivity contribution in [1.82, 2.24) is 9.55 Å². The molecule has 1 N–H and O–H groups in total. The quantitative estimate of drug-likeness (QED) is 0.584. The van der Waals surface area contributed by atoms with Gasteiger partial charge in [-0.1, -0.05) is 0 Å². The first-order valence-corrected chi connectivity index (χ1v) is 8.22. The lowest BCUT2D eigenvalue weighted by Crippen LogP contribution is -2.21. The second-order valence-corrected chi connectivity index (χ2v) is 6.61. The van der Waals surface area contributed by atoms with Gasteiger partial charge in [-0.25, -0.2) is 10.4 Å². The second kappa shape index (κ2) is 6.45. The fourth-order valence-corrected chi connectivity index (χ4v) is 3.35. The molecule has 24 heavy (non-hydrogen) atoms. The van der Waals surface area contributed by atoms with Gasteiger partial charge in [0, 0.05) is 11.9 Å². The van der Waals surface area contributed by atoms with E-state index < -0.39 is 0 Å².